The molecule has 0 amide bonds. The number of likely N-dealkylation sites (tertiary alicyclic amines) is 1. The summed E-state index contributed by atoms with van der Waals surface area (Å²) in [6.07, 6.45) is 5.89. The first-order chi connectivity index (χ1) is 16.8. The number of rotatable bonds is 10. The first-order valence-electron chi connectivity index (χ1n) is 12.6. The number of benzene rings is 2. The van der Waals surface area contributed by atoms with Crippen molar-refractivity contribution in [3.05, 3.63) is 89.0 Å². The maximum atomic E-state index is 14.1. The van der Waals surface area contributed by atoms with Crippen LogP contribution in [0, 0.1) is 11.2 Å². The minimum absolute atomic E-state index is 0.0248. The molecule has 35 heavy (non-hydrogen) atoms. The van der Waals surface area contributed by atoms with Gasteiger partial charge >= 0.3 is 0 Å². The van der Waals surface area contributed by atoms with Crippen molar-refractivity contribution >= 4 is 17.6 Å². The molecule has 1 heterocycles. The summed E-state index contributed by atoms with van der Waals surface area (Å²) in [6, 6.07) is 15.6. The Morgan fingerprint density at radius 2 is 1.91 bits per heavy atom. The average Bonchev–Trinajstić information content (AvgIpc) is 2.83. The number of anilines is 1. The van der Waals surface area contributed by atoms with Gasteiger partial charge in [-0.25, -0.2) is 8.78 Å². The minimum Gasteiger partial charge on any atom is -0.330 e. The van der Waals surface area contributed by atoms with Crippen molar-refractivity contribution < 1.29 is 8.78 Å². The third kappa shape index (κ3) is 7.18. The topological polar surface area (TPSA) is 27.3 Å². The molecule has 1 aliphatic heterocycles. The van der Waals surface area contributed by atoms with E-state index < -0.39 is 0 Å². The fourth-order valence-corrected chi connectivity index (χ4v) is 5.53. The Labute approximate surface area is 213 Å². The first kappa shape index (κ1) is 25.9. The number of allylic oxidation sites excluding steroid dienone is 3. The highest BCUT2D eigenvalue weighted by Gasteiger charge is 2.40. The lowest BCUT2D eigenvalue weighted by Crippen LogP contribution is -2.52. The van der Waals surface area contributed by atoms with Crippen LogP contribution >= 0.6 is 11.9 Å². The summed E-state index contributed by atoms with van der Waals surface area (Å²) in [5.41, 5.74) is 4.68. The van der Waals surface area contributed by atoms with Crippen LogP contribution in [0.4, 0.5) is 14.5 Å². The quantitative estimate of drug-likeness (QED) is 0.276. The molecule has 2 aromatic rings. The van der Waals surface area contributed by atoms with E-state index in [0.29, 0.717) is 5.25 Å². The van der Waals surface area contributed by atoms with Gasteiger partial charge in [0, 0.05) is 48.6 Å². The van der Waals surface area contributed by atoms with Crippen molar-refractivity contribution in [1.29, 1.82) is 0 Å². The van der Waals surface area contributed by atoms with E-state index in [9.17, 15) is 8.78 Å². The third-order valence-electron chi connectivity index (χ3n) is 6.99. The lowest BCUT2D eigenvalue weighted by molar-refractivity contribution is 0.0957. The predicted octanol–water partition coefficient (Wildman–Crippen LogP) is 6.89. The van der Waals surface area contributed by atoms with E-state index in [1.54, 1.807) is 24.1 Å². The number of nitrogens with zero attached hydrogens (tertiary/aromatic N) is 1. The summed E-state index contributed by atoms with van der Waals surface area (Å²) < 4.78 is 30.9. The fourth-order valence-electron chi connectivity index (χ4n) is 5.03. The van der Waals surface area contributed by atoms with Gasteiger partial charge in [0.1, 0.15) is 11.6 Å². The lowest BCUT2D eigenvalue weighted by atomic mass is 9.70. The molecular weight excluding hydrogens is 460 g/mol. The monoisotopic (exact) mass is 497 g/mol. The summed E-state index contributed by atoms with van der Waals surface area (Å²) >= 11 is 1.72. The Bertz CT molecular complexity index is 1050. The van der Waals surface area contributed by atoms with E-state index in [2.05, 4.69) is 60.0 Å². The van der Waals surface area contributed by atoms with Crippen LogP contribution in [-0.2, 0) is 13.0 Å². The van der Waals surface area contributed by atoms with Crippen molar-refractivity contribution in [2.24, 2.45) is 5.41 Å². The molecule has 2 atom stereocenters. The molecule has 0 radical (unpaired) electrons. The van der Waals surface area contributed by atoms with E-state index >= 15 is 0 Å². The molecule has 1 fully saturated rings. The molecule has 6 heteroatoms. The Hall–Kier alpha value is -2.15. The second kappa shape index (κ2) is 11.7. The first-order valence-corrected chi connectivity index (χ1v) is 13.5. The normalized spacial score (nSPS) is 22.5. The number of halogens is 2. The van der Waals surface area contributed by atoms with Crippen molar-refractivity contribution in [2.75, 3.05) is 24.4 Å². The molecule has 4 rings (SSSR count). The van der Waals surface area contributed by atoms with Crippen molar-refractivity contribution in [3.8, 4) is 0 Å². The van der Waals surface area contributed by atoms with Gasteiger partial charge in [-0.05, 0) is 78.8 Å². The molecule has 0 saturated carbocycles. The van der Waals surface area contributed by atoms with Crippen LogP contribution in [0.3, 0.4) is 0 Å². The summed E-state index contributed by atoms with van der Waals surface area (Å²) in [6.45, 7) is 10.1. The molecule has 1 saturated heterocycles. The molecule has 0 spiro atoms. The fraction of sp³-hybridized carbons (Fsp3) is 0.448. The van der Waals surface area contributed by atoms with Gasteiger partial charge in [0.2, 0.25) is 0 Å². The van der Waals surface area contributed by atoms with E-state index in [1.807, 2.05) is 12.1 Å². The summed E-state index contributed by atoms with van der Waals surface area (Å²) in [5, 5.41) is 4.14. The molecule has 2 N–H and O–H groups in total. The molecule has 1 aliphatic carbocycles. The smallest absolute Gasteiger partial charge is 0.123 e. The highest BCUT2D eigenvalue weighted by Crippen LogP contribution is 2.44. The van der Waals surface area contributed by atoms with Crippen molar-refractivity contribution in [3.63, 3.8) is 0 Å². The van der Waals surface area contributed by atoms with E-state index in [4.69, 9.17) is 0 Å². The summed E-state index contributed by atoms with van der Waals surface area (Å²) in [5.74, 6) is -0.327. The van der Waals surface area contributed by atoms with E-state index in [0.717, 1.165) is 56.7 Å². The number of hydrogen-bond acceptors (Lipinski definition) is 4. The van der Waals surface area contributed by atoms with Crippen LogP contribution < -0.4 is 10.0 Å². The molecule has 2 unspecified atom stereocenters. The van der Waals surface area contributed by atoms with Gasteiger partial charge in [-0.2, -0.15) is 0 Å². The lowest BCUT2D eigenvalue weighted by Gasteiger charge is -2.48. The molecule has 2 aromatic carbocycles. The van der Waals surface area contributed by atoms with Gasteiger partial charge in [-0.3, -0.25) is 4.90 Å². The number of piperidine rings is 1. The highest BCUT2D eigenvalue weighted by atomic mass is 32.2. The minimum atomic E-state index is -0.213. The van der Waals surface area contributed by atoms with E-state index in [-0.39, 0.29) is 23.1 Å². The SMILES string of the molecule is CC(C)SNc1cccc(CNCCN2CC3(C)CC=C(F)C=C3CC2Cc2ccc(F)cc2)c1. The van der Waals surface area contributed by atoms with Crippen LogP contribution in [0.1, 0.15) is 44.7 Å². The number of hydrogen-bond donors (Lipinski definition) is 2. The number of nitrogens with one attached hydrogen (secondary N) is 2. The molecule has 2 aliphatic rings. The van der Waals surface area contributed by atoms with Crippen molar-refractivity contribution in [1.82, 2.24) is 10.2 Å². The number of fused-ring (bicyclic) bond motifs is 1. The zero-order valence-corrected chi connectivity index (χ0v) is 21.8. The Kier molecular flexibility index (Phi) is 8.68. The Balaban J connectivity index is 1.37. The molecule has 3 nitrogen and oxygen atoms in total. The van der Waals surface area contributed by atoms with E-state index in [1.165, 1.54) is 23.3 Å². The Morgan fingerprint density at radius 1 is 1.11 bits per heavy atom. The predicted molar refractivity (Wildman–Crippen MR) is 145 cm³/mol. The second-order valence-corrected chi connectivity index (χ2v) is 11.7. The molecule has 188 valence electrons. The van der Waals surface area contributed by atoms with Crippen LogP contribution in [0.25, 0.3) is 0 Å². The molecule has 0 bridgehead atoms. The standard InChI is InChI=1S/C29H37F2N3S/c1-21(2)35-33-27-6-4-5-23(15-27)19-32-13-14-34-20-29(3)12-11-26(31)17-24(29)18-28(34)16-22-7-9-25(30)10-8-22/h4-11,15,17,21,28,32-33H,12-14,16,18-20H2,1-3H3. The maximum absolute atomic E-state index is 14.1. The summed E-state index contributed by atoms with van der Waals surface area (Å²) in [7, 11) is 0. The van der Waals surface area contributed by atoms with Gasteiger partial charge < -0.3 is 10.0 Å². The Morgan fingerprint density at radius 3 is 2.69 bits per heavy atom. The highest BCUT2D eigenvalue weighted by molar-refractivity contribution is 8.01. The molecule has 0 aromatic heterocycles. The zero-order chi connectivity index (χ0) is 24.8. The van der Waals surface area contributed by atoms with Gasteiger partial charge in [-0.1, -0.05) is 50.6 Å². The van der Waals surface area contributed by atoms with Crippen molar-refractivity contribution in [2.45, 2.75) is 57.9 Å². The van der Waals surface area contributed by atoms with Gasteiger partial charge in [0.15, 0.2) is 0 Å². The third-order valence-corrected chi connectivity index (χ3v) is 7.81. The van der Waals surface area contributed by atoms with Crippen LogP contribution in [0.2, 0.25) is 0 Å². The average molecular weight is 498 g/mol. The van der Waals surface area contributed by atoms with Crippen LogP contribution in [0.15, 0.2) is 72.1 Å². The largest absolute Gasteiger partial charge is 0.330 e. The molecular formula is C29H37F2N3S. The summed E-state index contributed by atoms with van der Waals surface area (Å²) in [4.78, 5) is 2.54. The zero-order valence-electron chi connectivity index (χ0n) is 21.0. The maximum Gasteiger partial charge on any atom is 0.123 e. The van der Waals surface area contributed by atoms with Gasteiger partial charge in [0.25, 0.3) is 0 Å². The van der Waals surface area contributed by atoms with Crippen LogP contribution in [-0.4, -0.2) is 35.8 Å². The second-order valence-electron chi connectivity index (χ2n) is 10.3. The van der Waals surface area contributed by atoms with Gasteiger partial charge in [-0.15, -0.1) is 0 Å². The van der Waals surface area contributed by atoms with Gasteiger partial charge in [0.05, 0.1) is 0 Å². The van der Waals surface area contributed by atoms with Crippen LogP contribution in [0.5, 0.6) is 0 Å².